The van der Waals surface area contributed by atoms with E-state index in [1.165, 1.54) is 11.1 Å². The van der Waals surface area contributed by atoms with Gasteiger partial charge in [0.2, 0.25) is 0 Å². The van der Waals surface area contributed by atoms with Gasteiger partial charge in [-0.1, -0.05) is 45.0 Å². The Bertz CT molecular complexity index is 425. The molecule has 0 aromatic heterocycles. The highest BCUT2D eigenvalue weighted by molar-refractivity contribution is 5.32. The van der Waals surface area contributed by atoms with Gasteiger partial charge in [-0.05, 0) is 29.7 Å². The maximum atomic E-state index is 5.66. The first-order valence-corrected chi connectivity index (χ1v) is 6.63. The number of hydrogen-bond acceptors (Lipinski definition) is 2. The molecule has 0 saturated carbocycles. The molecule has 0 spiro atoms. The molecule has 0 radical (unpaired) electrons. The second-order valence-corrected chi connectivity index (χ2v) is 5.84. The lowest BCUT2D eigenvalue weighted by Crippen LogP contribution is -2.19. The zero-order valence-electron chi connectivity index (χ0n) is 11.8. The van der Waals surface area contributed by atoms with Crippen LogP contribution in [0.25, 0.3) is 0 Å². The van der Waals surface area contributed by atoms with Crippen LogP contribution < -0.4 is 5.32 Å². The van der Waals surface area contributed by atoms with Crippen LogP contribution in [0.4, 0.5) is 0 Å². The number of hydrogen-bond donors (Lipinski definition) is 1. The van der Waals surface area contributed by atoms with E-state index in [-0.39, 0.29) is 11.5 Å². The molecule has 0 amide bonds. The van der Waals surface area contributed by atoms with Gasteiger partial charge in [-0.2, -0.15) is 0 Å². The largest absolute Gasteiger partial charge is 0.496 e. The topological polar surface area (TPSA) is 21.3 Å². The van der Waals surface area contributed by atoms with Gasteiger partial charge in [-0.15, -0.1) is 0 Å². The molecule has 1 aromatic rings. The van der Waals surface area contributed by atoms with E-state index in [0.717, 1.165) is 18.8 Å². The first-order chi connectivity index (χ1) is 8.52. The van der Waals surface area contributed by atoms with E-state index in [1.54, 1.807) is 0 Å². The van der Waals surface area contributed by atoms with Crippen molar-refractivity contribution in [2.45, 2.75) is 38.6 Å². The summed E-state index contributed by atoms with van der Waals surface area (Å²) in [5.74, 6) is 1.06. The van der Waals surface area contributed by atoms with Crippen LogP contribution in [0, 0.1) is 0 Å². The summed E-state index contributed by atoms with van der Waals surface area (Å²) in [6.07, 6.45) is 3.20. The van der Waals surface area contributed by atoms with Crippen LogP contribution in [-0.4, -0.2) is 13.7 Å². The quantitative estimate of drug-likeness (QED) is 0.879. The SMILES string of the molecule is CNC(C1=CCCO1)c1ccc(C(C)(C)C)cc1. The summed E-state index contributed by atoms with van der Waals surface area (Å²) in [5, 5.41) is 3.33. The second-order valence-electron chi connectivity index (χ2n) is 5.84. The van der Waals surface area contributed by atoms with E-state index in [1.807, 2.05) is 7.05 Å². The summed E-state index contributed by atoms with van der Waals surface area (Å²) in [7, 11) is 1.98. The lowest BCUT2D eigenvalue weighted by Gasteiger charge is -2.22. The van der Waals surface area contributed by atoms with E-state index < -0.39 is 0 Å². The lowest BCUT2D eigenvalue weighted by atomic mass is 9.86. The first kappa shape index (κ1) is 13.2. The third-order valence-electron chi connectivity index (χ3n) is 3.42. The van der Waals surface area contributed by atoms with Crippen LogP contribution in [0.1, 0.15) is 44.4 Å². The number of nitrogens with one attached hydrogen (secondary N) is 1. The number of likely N-dealkylation sites (N-methyl/N-ethyl adjacent to an activating group) is 1. The van der Waals surface area contributed by atoms with E-state index in [9.17, 15) is 0 Å². The monoisotopic (exact) mass is 245 g/mol. The number of ether oxygens (including phenoxy) is 1. The summed E-state index contributed by atoms with van der Waals surface area (Å²) < 4.78 is 5.66. The third kappa shape index (κ3) is 2.75. The Balaban J connectivity index is 2.22. The summed E-state index contributed by atoms with van der Waals surface area (Å²) in [5.41, 5.74) is 2.83. The van der Waals surface area contributed by atoms with Gasteiger partial charge >= 0.3 is 0 Å². The molecular formula is C16H23NO. The average Bonchev–Trinajstić information content (AvgIpc) is 2.83. The van der Waals surface area contributed by atoms with Crippen LogP contribution in [0.3, 0.4) is 0 Å². The zero-order valence-corrected chi connectivity index (χ0v) is 11.8. The highest BCUT2D eigenvalue weighted by Gasteiger charge is 2.20. The molecule has 0 saturated heterocycles. The van der Waals surface area contributed by atoms with Gasteiger partial charge in [0.1, 0.15) is 5.76 Å². The Labute approximate surface area is 110 Å². The number of benzene rings is 1. The zero-order chi connectivity index (χ0) is 13.2. The van der Waals surface area contributed by atoms with Gasteiger partial charge in [0.05, 0.1) is 12.6 Å². The highest BCUT2D eigenvalue weighted by atomic mass is 16.5. The molecule has 1 N–H and O–H groups in total. The van der Waals surface area contributed by atoms with E-state index >= 15 is 0 Å². The van der Waals surface area contributed by atoms with Gasteiger partial charge in [0.25, 0.3) is 0 Å². The summed E-state index contributed by atoms with van der Waals surface area (Å²) >= 11 is 0. The second kappa shape index (κ2) is 5.15. The van der Waals surface area contributed by atoms with Crippen LogP contribution in [0.15, 0.2) is 36.1 Å². The van der Waals surface area contributed by atoms with Crippen molar-refractivity contribution in [2.24, 2.45) is 0 Å². The third-order valence-corrected chi connectivity index (χ3v) is 3.42. The van der Waals surface area contributed by atoms with E-state index in [4.69, 9.17) is 4.74 Å². The van der Waals surface area contributed by atoms with Crippen molar-refractivity contribution >= 4 is 0 Å². The van der Waals surface area contributed by atoms with Crippen LogP contribution >= 0.6 is 0 Å². The molecule has 1 aliphatic heterocycles. The van der Waals surface area contributed by atoms with Gasteiger partial charge in [0.15, 0.2) is 0 Å². The standard InChI is InChI=1S/C16H23NO/c1-16(2,3)13-9-7-12(8-10-13)15(17-4)14-6-5-11-18-14/h6-10,15,17H,5,11H2,1-4H3. The Hall–Kier alpha value is -1.28. The van der Waals surface area contributed by atoms with Crippen molar-refractivity contribution in [2.75, 3.05) is 13.7 Å². The molecule has 0 aliphatic carbocycles. The molecule has 98 valence electrons. The fraction of sp³-hybridized carbons (Fsp3) is 0.500. The predicted octanol–water partition coefficient (Wildman–Crippen LogP) is 3.55. The van der Waals surface area contributed by atoms with Crippen molar-refractivity contribution in [3.63, 3.8) is 0 Å². The molecule has 1 aromatic carbocycles. The van der Waals surface area contributed by atoms with Crippen molar-refractivity contribution in [1.82, 2.24) is 5.32 Å². The molecule has 2 heteroatoms. The molecule has 1 heterocycles. The summed E-state index contributed by atoms with van der Waals surface area (Å²) in [6.45, 7) is 7.52. The molecule has 0 fully saturated rings. The molecule has 1 atom stereocenters. The minimum atomic E-state index is 0.182. The molecule has 2 nitrogen and oxygen atoms in total. The van der Waals surface area contributed by atoms with Crippen LogP contribution in [-0.2, 0) is 10.2 Å². The summed E-state index contributed by atoms with van der Waals surface area (Å²) in [6, 6.07) is 9.01. The normalized spacial score (nSPS) is 17.2. The minimum absolute atomic E-state index is 0.182. The smallest absolute Gasteiger partial charge is 0.114 e. The summed E-state index contributed by atoms with van der Waals surface area (Å²) in [4.78, 5) is 0. The first-order valence-electron chi connectivity index (χ1n) is 6.63. The van der Waals surface area contributed by atoms with E-state index in [0.29, 0.717) is 0 Å². The lowest BCUT2D eigenvalue weighted by molar-refractivity contribution is 0.218. The van der Waals surface area contributed by atoms with E-state index in [2.05, 4.69) is 56.4 Å². The molecular weight excluding hydrogens is 222 g/mol. The Morgan fingerprint density at radius 1 is 1.17 bits per heavy atom. The molecule has 1 unspecified atom stereocenters. The average molecular weight is 245 g/mol. The highest BCUT2D eigenvalue weighted by Crippen LogP contribution is 2.28. The van der Waals surface area contributed by atoms with Crippen molar-refractivity contribution in [3.05, 3.63) is 47.2 Å². The Morgan fingerprint density at radius 2 is 1.83 bits per heavy atom. The van der Waals surface area contributed by atoms with Gasteiger partial charge in [-0.3, -0.25) is 0 Å². The fourth-order valence-corrected chi connectivity index (χ4v) is 2.29. The van der Waals surface area contributed by atoms with Crippen molar-refractivity contribution in [1.29, 1.82) is 0 Å². The van der Waals surface area contributed by atoms with Crippen molar-refractivity contribution < 1.29 is 4.74 Å². The van der Waals surface area contributed by atoms with Gasteiger partial charge in [0, 0.05) is 6.42 Å². The predicted molar refractivity (Wildman–Crippen MR) is 75.6 cm³/mol. The molecule has 0 bridgehead atoms. The maximum Gasteiger partial charge on any atom is 0.114 e. The molecule has 2 rings (SSSR count). The number of rotatable bonds is 3. The fourth-order valence-electron chi connectivity index (χ4n) is 2.29. The molecule has 18 heavy (non-hydrogen) atoms. The van der Waals surface area contributed by atoms with Crippen LogP contribution in [0.2, 0.25) is 0 Å². The van der Waals surface area contributed by atoms with Crippen molar-refractivity contribution in [3.8, 4) is 0 Å². The van der Waals surface area contributed by atoms with Gasteiger partial charge in [-0.25, -0.2) is 0 Å². The molecule has 1 aliphatic rings. The minimum Gasteiger partial charge on any atom is -0.496 e. The van der Waals surface area contributed by atoms with Crippen LogP contribution in [0.5, 0.6) is 0 Å². The van der Waals surface area contributed by atoms with Gasteiger partial charge < -0.3 is 10.1 Å². The maximum absolute atomic E-state index is 5.66. The Kier molecular flexibility index (Phi) is 3.76. The Morgan fingerprint density at radius 3 is 2.28 bits per heavy atom.